The topological polar surface area (TPSA) is 82.9 Å². The minimum atomic E-state index is -4.73. The van der Waals surface area contributed by atoms with Crippen LogP contribution in [-0.4, -0.2) is 14.2 Å². The molecule has 15 heavy (non-hydrogen) atoms. The maximum atomic E-state index is 12.2. The standard InChI is InChI=1S/C7H5F2N3O2S/c8-7(9)15(13,14)6-4-2-1-3-5(6)11-12-10/h1-4,7H. The van der Waals surface area contributed by atoms with Crippen molar-refractivity contribution in [3.63, 3.8) is 0 Å². The largest absolute Gasteiger partial charge is 0.341 e. The van der Waals surface area contributed by atoms with Gasteiger partial charge in [0.25, 0.3) is 0 Å². The van der Waals surface area contributed by atoms with E-state index in [1.165, 1.54) is 12.1 Å². The lowest BCUT2D eigenvalue weighted by molar-refractivity contribution is 0.235. The van der Waals surface area contributed by atoms with Crippen LogP contribution in [0, 0.1) is 0 Å². The monoisotopic (exact) mass is 233 g/mol. The van der Waals surface area contributed by atoms with Gasteiger partial charge >= 0.3 is 5.76 Å². The third kappa shape index (κ3) is 2.23. The highest BCUT2D eigenvalue weighted by Gasteiger charge is 2.28. The smallest absolute Gasteiger partial charge is 0.218 e. The van der Waals surface area contributed by atoms with Gasteiger partial charge in [0.05, 0.1) is 10.6 Å². The van der Waals surface area contributed by atoms with E-state index in [1.54, 1.807) is 0 Å². The van der Waals surface area contributed by atoms with Crippen LogP contribution in [0.4, 0.5) is 14.5 Å². The Kier molecular flexibility index (Phi) is 3.23. The van der Waals surface area contributed by atoms with Crippen LogP contribution in [0.25, 0.3) is 10.4 Å². The zero-order chi connectivity index (χ0) is 11.5. The van der Waals surface area contributed by atoms with Crippen molar-refractivity contribution < 1.29 is 17.2 Å². The summed E-state index contributed by atoms with van der Waals surface area (Å²) in [6, 6.07) is 4.76. The summed E-state index contributed by atoms with van der Waals surface area (Å²) in [4.78, 5) is 1.69. The molecule has 0 heterocycles. The molecule has 0 aliphatic carbocycles. The van der Waals surface area contributed by atoms with Crippen LogP contribution in [0.5, 0.6) is 0 Å². The number of sulfone groups is 1. The number of nitrogens with zero attached hydrogens (tertiary/aromatic N) is 3. The molecule has 0 atom stereocenters. The van der Waals surface area contributed by atoms with Gasteiger partial charge in [-0.05, 0) is 11.6 Å². The van der Waals surface area contributed by atoms with Crippen molar-refractivity contribution in [2.75, 3.05) is 0 Å². The van der Waals surface area contributed by atoms with Gasteiger partial charge in [-0.3, -0.25) is 0 Å². The summed E-state index contributed by atoms with van der Waals surface area (Å²) in [7, 11) is -4.73. The van der Waals surface area contributed by atoms with Crippen molar-refractivity contribution in [1.82, 2.24) is 0 Å². The zero-order valence-corrected chi connectivity index (χ0v) is 8.03. The molecular weight excluding hydrogens is 228 g/mol. The Balaban J connectivity index is 3.44. The number of benzene rings is 1. The van der Waals surface area contributed by atoms with Crippen LogP contribution >= 0.6 is 0 Å². The van der Waals surface area contributed by atoms with E-state index in [4.69, 9.17) is 5.53 Å². The summed E-state index contributed by atoms with van der Waals surface area (Å²) in [5, 5.41) is 3.02. The van der Waals surface area contributed by atoms with Crippen LogP contribution in [-0.2, 0) is 9.84 Å². The Morgan fingerprint density at radius 2 is 1.93 bits per heavy atom. The molecule has 0 amide bonds. The quantitative estimate of drug-likeness (QED) is 0.456. The number of hydrogen-bond donors (Lipinski definition) is 0. The normalized spacial score (nSPS) is 11.1. The fourth-order valence-corrected chi connectivity index (χ4v) is 1.79. The third-order valence-electron chi connectivity index (χ3n) is 1.56. The average molecular weight is 233 g/mol. The lowest BCUT2D eigenvalue weighted by atomic mass is 10.3. The Bertz CT molecular complexity index is 509. The van der Waals surface area contributed by atoms with Crippen molar-refractivity contribution in [3.05, 3.63) is 34.7 Å². The number of azide groups is 1. The molecular formula is C7H5F2N3O2S. The van der Waals surface area contributed by atoms with Crippen LogP contribution < -0.4 is 0 Å². The number of rotatable bonds is 3. The molecule has 0 bridgehead atoms. The van der Waals surface area contributed by atoms with Gasteiger partial charge < -0.3 is 0 Å². The molecule has 0 saturated carbocycles. The molecule has 0 radical (unpaired) electrons. The number of halogens is 2. The summed E-state index contributed by atoms with van der Waals surface area (Å²) in [5.41, 5.74) is 7.79. The van der Waals surface area contributed by atoms with Gasteiger partial charge in [-0.15, -0.1) is 0 Å². The summed E-state index contributed by atoms with van der Waals surface area (Å²) < 4.78 is 46.6. The van der Waals surface area contributed by atoms with Gasteiger partial charge in [0.2, 0.25) is 9.84 Å². The predicted molar refractivity (Wildman–Crippen MR) is 48.4 cm³/mol. The van der Waals surface area contributed by atoms with Gasteiger partial charge in [-0.2, -0.15) is 8.78 Å². The maximum absolute atomic E-state index is 12.2. The Hall–Kier alpha value is -1.66. The van der Waals surface area contributed by atoms with E-state index in [-0.39, 0.29) is 5.69 Å². The minimum absolute atomic E-state index is 0.333. The molecule has 1 aromatic carbocycles. The second kappa shape index (κ2) is 4.24. The fraction of sp³-hybridized carbons (Fsp3) is 0.143. The van der Waals surface area contributed by atoms with Gasteiger partial charge in [-0.1, -0.05) is 23.3 Å². The summed E-state index contributed by atoms with van der Waals surface area (Å²) >= 11 is 0. The minimum Gasteiger partial charge on any atom is -0.218 e. The molecule has 0 aliphatic heterocycles. The first-order valence-electron chi connectivity index (χ1n) is 3.66. The lowest BCUT2D eigenvalue weighted by Gasteiger charge is -2.04. The van der Waals surface area contributed by atoms with Crippen molar-refractivity contribution in [2.45, 2.75) is 10.7 Å². The van der Waals surface area contributed by atoms with Crippen molar-refractivity contribution in [3.8, 4) is 0 Å². The lowest BCUT2D eigenvalue weighted by Crippen LogP contribution is -2.11. The Morgan fingerprint density at radius 1 is 1.33 bits per heavy atom. The van der Waals surface area contributed by atoms with Crippen LogP contribution in [0.15, 0.2) is 34.3 Å². The fourth-order valence-electron chi connectivity index (χ4n) is 0.925. The Labute approximate surface area is 83.9 Å². The highest BCUT2D eigenvalue weighted by atomic mass is 32.2. The van der Waals surface area contributed by atoms with E-state index in [0.29, 0.717) is 0 Å². The van der Waals surface area contributed by atoms with Gasteiger partial charge in [-0.25, -0.2) is 8.42 Å². The maximum Gasteiger partial charge on any atom is 0.341 e. The van der Waals surface area contributed by atoms with Crippen LogP contribution in [0.2, 0.25) is 0 Å². The molecule has 0 aromatic heterocycles. The van der Waals surface area contributed by atoms with Crippen LogP contribution in [0.3, 0.4) is 0 Å². The molecule has 5 nitrogen and oxygen atoms in total. The highest BCUT2D eigenvalue weighted by Crippen LogP contribution is 2.28. The predicted octanol–water partition coefficient (Wildman–Crippen LogP) is 2.62. The molecule has 0 saturated heterocycles. The van der Waals surface area contributed by atoms with Gasteiger partial charge in [0, 0.05) is 4.91 Å². The molecule has 0 fully saturated rings. The van der Waals surface area contributed by atoms with E-state index in [2.05, 4.69) is 10.0 Å². The average Bonchev–Trinajstić information content (AvgIpc) is 2.18. The van der Waals surface area contributed by atoms with E-state index in [1.807, 2.05) is 0 Å². The molecule has 0 unspecified atom stereocenters. The first-order chi connectivity index (χ1) is 7.00. The molecule has 0 spiro atoms. The van der Waals surface area contributed by atoms with Crippen LogP contribution in [0.1, 0.15) is 0 Å². The second-order valence-electron chi connectivity index (χ2n) is 2.46. The number of alkyl halides is 2. The van der Waals surface area contributed by atoms with Gasteiger partial charge in [0.15, 0.2) is 0 Å². The number of hydrogen-bond acceptors (Lipinski definition) is 3. The summed E-state index contributed by atoms with van der Waals surface area (Å²) in [5.74, 6) is -3.53. The van der Waals surface area contributed by atoms with Crippen molar-refractivity contribution in [1.29, 1.82) is 0 Å². The molecule has 0 aliphatic rings. The second-order valence-corrected chi connectivity index (χ2v) is 4.35. The van der Waals surface area contributed by atoms with Crippen molar-refractivity contribution >= 4 is 15.5 Å². The van der Waals surface area contributed by atoms with E-state index in [9.17, 15) is 17.2 Å². The molecule has 1 rings (SSSR count). The Morgan fingerprint density at radius 3 is 2.47 bits per heavy atom. The van der Waals surface area contributed by atoms with E-state index < -0.39 is 20.5 Å². The first kappa shape index (κ1) is 11.4. The molecule has 8 heteroatoms. The zero-order valence-electron chi connectivity index (χ0n) is 7.21. The molecule has 0 N–H and O–H groups in total. The van der Waals surface area contributed by atoms with Crippen molar-refractivity contribution in [2.24, 2.45) is 5.11 Å². The summed E-state index contributed by atoms with van der Waals surface area (Å²) in [6.07, 6.45) is 0. The highest BCUT2D eigenvalue weighted by molar-refractivity contribution is 7.91. The van der Waals surface area contributed by atoms with E-state index >= 15 is 0 Å². The summed E-state index contributed by atoms with van der Waals surface area (Å²) in [6.45, 7) is 0. The molecule has 80 valence electrons. The first-order valence-corrected chi connectivity index (χ1v) is 5.21. The SMILES string of the molecule is [N-]=[N+]=Nc1ccccc1S(=O)(=O)C(F)F. The third-order valence-corrected chi connectivity index (χ3v) is 2.99. The van der Waals surface area contributed by atoms with E-state index in [0.717, 1.165) is 12.1 Å². The molecule has 1 aromatic rings. The van der Waals surface area contributed by atoms with Gasteiger partial charge in [0.1, 0.15) is 0 Å².